The fraction of sp³-hybridized carbons (Fsp3) is 0.286. The van der Waals surface area contributed by atoms with E-state index >= 15 is 0 Å². The molecule has 1 N–H and O–H groups in total. The third-order valence-corrected chi connectivity index (χ3v) is 4.45. The zero-order valence-corrected chi connectivity index (χ0v) is 14.1. The molecule has 0 saturated heterocycles. The Bertz CT molecular complexity index is 562. The van der Waals surface area contributed by atoms with Gasteiger partial charge in [-0.2, -0.15) is 0 Å². The van der Waals surface area contributed by atoms with E-state index in [1.807, 2.05) is 30.3 Å². The lowest BCUT2D eigenvalue weighted by Gasteiger charge is -2.09. The quantitative estimate of drug-likeness (QED) is 0.729. The standard InChI is InChI=1S/C14H15BrClNO2S/c1-18-10-2-4-13(12(15)8-10)19-7-6-17-9-11-3-5-14(16)20-11/h2-5,8,17H,6-7,9H2,1H3. The summed E-state index contributed by atoms with van der Waals surface area (Å²) in [6, 6.07) is 9.59. The van der Waals surface area contributed by atoms with Crippen molar-refractivity contribution in [2.75, 3.05) is 20.3 Å². The highest BCUT2D eigenvalue weighted by Gasteiger charge is 2.03. The molecule has 108 valence electrons. The van der Waals surface area contributed by atoms with Crippen LogP contribution in [0.5, 0.6) is 11.5 Å². The molecule has 0 unspecified atom stereocenters. The molecule has 0 spiro atoms. The molecule has 0 aliphatic carbocycles. The van der Waals surface area contributed by atoms with Crippen molar-refractivity contribution in [3.63, 3.8) is 0 Å². The van der Waals surface area contributed by atoms with Gasteiger partial charge in [0.1, 0.15) is 18.1 Å². The molecule has 3 nitrogen and oxygen atoms in total. The predicted octanol–water partition coefficient (Wildman–Crippen LogP) is 4.34. The SMILES string of the molecule is COc1ccc(OCCNCc2ccc(Cl)s2)c(Br)c1. The second-order valence-electron chi connectivity index (χ2n) is 4.03. The van der Waals surface area contributed by atoms with Crippen LogP contribution in [0.1, 0.15) is 4.88 Å². The minimum absolute atomic E-state index is 0.601. The van der Waals surface area contributed by atoms with E-state index in [4.69, 9.17) is 21.1 Å². The highest BCUT2D eigenvalue weighted by Crippen LogP contribution is 2.28. The summed E-state index contributed by atoms with van der Waals surface area (Å²) >= 11 is 10.9. The molecule has 0 aliphatic heterocycles. The van der Waals surface area contributed by atoms with Crippen LogP contribution in [-0.2, 0) is 6.54 Å². The summed E-state index contributed by atoms with van der Waals surface area (Å²) in [5, 5.41) is 3.31. The first-order chi connectivity index (χ1) is 9.69. The number of hydrogen-bond acceptors (Lipinski definition) is 4. The molecule has 0 atom stereocenters. The Labute approximate surface area is 136 Å². The lowest BCUT2D eigenvalue weighted by molar-refractivity contribution is 0.311. The monoisotopic (exact) mass is 375 g/mol. The van der Waals surface area contributed by atoms with Gasteiger partial charge < -0.3 is 14.8 Å². The first kappa shape index (κ1) is 15.6. The Kier molecular flexibility index (Phi) is 6.16. The van der Waals surface area contributed by atoms with Crippen LogP contribution in [0.2, 0.25) is 4.34 Å². The maximum Gasteiger partial charge on any atom is 0.133 e. The van der Waals surface area contributed by atoms with Crippen molar-refractivity contribution in [1.29, 1.82) is 0 Å². The van der Waals surface area contributed by atoms with Gasteiger partial charge >= 0.3 is 0 Å². The minimum Gasteiger partial charge on any atom is -0.497 e. The van der Waals surface area contributed by atoms with Gasteiger partial charge in [0, 0.05) is 18.0 Å². The first-order valence-corrected chi connectivity index (χ1v) is 8.09. The lowest BCUT2D eigenvalue weighted by Crippen LogP contribution is -2.20. The van der Waals surface area contributed by atoms with Gasteiger partial charge in [-0.25, -0.2) is 0 Å². The third-order valence-electron chi connectivity index (χ3n) is 2.60. The molecule has 0 saturated carbocycles. The fourth-order valence-electron chi connectivity index (χ4n) is 1.62. The molecule has 1 heterocycles. The lowest BCUT2D eigenvalue weighted by atomic mass is 10.3. The average molecular weight is 377 g/mol. The van der Waals surface area contributed by atoms with Crippen molar-refractivity contribution < 1.29 is 9.47 Å². The van der Waals surface area contributed by atoms with Crippen LogP contribution < -0.4 is 14.8 Å². The number of hydrogen-bond donors (Lipinski definition) is 1. The Balaban J connectivity index is 1.70. The maximum atomic E-state index is 5.87. The number of nitrogens with one attached hydrogen (secondary N) is 1. The average Bonchev–Trinajstić information content (AvgIpc) is 2.85. The number of benzene rings is 1. The molecular formula is C14H15BrClNO2S. The largest absolute Gasteiger partial charge is 0.497 e. The van der Waals surface area contributed by atoms with E-state index in [1.165, 1.54) is 4.88 Å². The van der Waals surface area contributed by atoms with Crippen LogP contribution in [-0.4, -0.2) is 20.3 Å². The topological polar surface area (TPSA) is 30.5 Å². The van der Waals surface area contributed by atoms with Gasteiger partial charge in [0.2, 0.25) is 0 Å². The van der Waals surface area contributed by atoms with Crippen molar-refractivity contribution in [2.45, 2.75) is 6.54 Å². The van der Waals surface area contributed by atoms with E-state index < -0.39 is 0 Å². The molecule has 2 rings (SSSR count). The molecule has 6 heteroatoms. The molecule has 0 radical (unpaired) electrons. The normalized spacial score (nSPS) is 10.6. The third kappa shape index (κ3) is 4.66. The van der Waals surface area contributed by atoms with Crippen LogP contribution in [0.3, 0.4) is 0 Å². The molecular weight excluding hydrogens is 362 g/mol. The van der Waals surface area contributed by atoms with Crippen LogP contribution in [0.25, 0.3) is 0 Å². The zero-order valence-electron chi connectivity index (χ0n) is 11.0. The van der Waals surface area contributed by atoms with Crippen molar-refractivity contribution in [2.24, 2.45) is 0 Å². The summed E-state index contributed by atoms with van der Waals surface area (Å²) in [6.07, 6.45) is 0. The number of thiophene rings is 1. The predicted molar refractivity (Wildman–Crippen MR) is 87.2 cm³/mol. The minimum atomic E-state index is 0.601. The van der Waals surface area contributed by atoms with Crippen LogP contribution in [0, 0.1) is 0 Å². The van der Waals surface area contributed by atoms with Crippen LogP contribution in [0.4, 0.5) is 0 Å². The fourth-order valence-corrected chi connectivity index (χ4v) is 3.15. The van der Waals surface area contributed by atoms with E-state index in [0.29, 0.717) is 6.61 Å². The van der Waals surface area contributed by atoms with Crippen LogP contribution in [0.15, 0.2) is 34.8 Å². The maximum absolute atomic E-state index is 5.87. The number of methoxy groups -OCH3 is 1. The van der Waals surface area contributed by atoms with Crippen LogP contribution >= 0.6 is 38.9 Å². The van der Waals surface area contributed by atoms with Gasteiger partial charge in [-0.15, -0.1) is 11.3 Å². The van der Waals surface area contributed by atoms with Gasteiger partial charge in [-0.3, -0.25) is 0 Å². The Morgan fingerprint density at radius 1 is 1.30 bits per heavy atom. The summed E-state index contributed by atoms with van der Waals surface area (Å²) in [4.78, 5) is 1.22. The van der Waals surface area contributed by atoms with Gasteiger partial charge in [0.25, 0.3) is 0 Å². The van der Waals surface area contributed by atoms with Crippen molar-refractivity contribution in [1.82, 2.24) is 5.32 Å². The van der Waals surface area contributed by atoms with Gasteiger partial charge in [-0.1, -0.05) is 11.6 Å². The van der Waals surface area contributed by atoms with E-state index in [9.17, 15) is 0 Å². The summed E-state index contributed by atoms with van der Waals surface area (Å²) in [6.45, 7) is 2.18. The Morgan fingerprint density at radius 3 is 2.80 bits per heavy atom. The molecule has 2 aromatic rings. The smallest absolute Gasteiger partial charge is 0.133 e. The molecule has 1 aromatic heterocycles. The molecule has 1 aromatic carbocycles. The molecule has 0 fully saturated rings. The zero-order chi connectivity index (χ0) is 14.4. The number of rotatable bonds is 7. The second kappa shape index (κ2) is 7.88. The van der Waals surface area contributed by atoms with E-state index in [2.05, 4.69) is 21.2 Å². The van der Waals surface area contributed by atoms with Gasteiger partial charge in [-0.05, 0) is 46.3 Å². The second-order valence-corrected chi connectivity index (χ2v) is 6.68. The van der Waals surface area contributed by atoms with E-state index in [0.717, 1.165) is 33.4 Å². The molecule has 0 bridgehead atoms. The first-order valence-electron chi connectivity index (χ1n) is 6.10. The Hall–Kier alpha value is -0.750. The van der Waals surface area contributed by atoms with Crippen molar-refractivity contribution in [3.8, 4) is 11.5 Å². The highest BCUT2D eigenvalue weighted by molar-refractivity contribution is 9.10. The molecule has 0 amide bonds. The Morgan fingerprint density at radius 2 is 2.15 bits per heavy atom. The number of halogens is 2. The summed E-state index contributed by atoms with van der Waals surface area (Å²) in [5.41, 5.74) is 0. The molecule has 20 heavy (non-hydrogen) atoms. The number of ether oxygens (including phenoxy) is 2. The van der Waals surface area contributed by atoms with Crippen molar-refractivity contribution in [3.05, 3.63) is 44.0 Å². The van der Waals surface area contributed by atoms with Gasteiger partial charge in [0.15, 0.2) is 0 Å². The summed E-state index contributed by atoms with van der Waals surface area (Å²) < 4.78 is 12.5. The van der Waals surface area contributed by atoms with Crippen molar-refractivity contribution >= 4 is 38.9 Å². The van der Waals surface area contributed by atoms with Gasteiger partial charge in [0.05, 0.1) is 15.9 Å². The molecule has 0 aliphatic rings. The van der Waals surface area contributed by atoms with E-state index in [-0.39, 0.29) is 0 Å². The summed E-state index contributed by atoms with van der Waals surface area (Å²) in [5.74, 6) is 1.61. The summed E-state index contributed by atoms with van der Waals surface area (Å²) in [7, 11) is 1.64. The van der Waals surface area contributed by atoms with E-state index in [1.54, 1.807) is 18.4 Å². The highest BCUT2D eigenvalue weighted by atomic mass is 79.9.